The summed E-state index contributed by atoms with van der Waals surface area (Å²) in [5.41, 5.74) is 20.4. The molecule has 4 aromatic carbocycles. The highest BCUT2D eigenvalue weighted by Crippen LogP contribution is 2.56. The molecule has 6 aromatic rings. The molecule has 332 valence electrons. The molecule has 9 nitrogen and oxygen atoms in total. The van der Waals surface area contributed by atoms with E-state index in [1.165, 1.54) is 122 Å². The van der Waals surface area contributed by atoms with Crippen LogP contribution in [0.5, 0.6) is 0 Å². The third-order valence-corrected chi connectivity index (χ3v) is 16.4. The molecule has 6 aliphatic heterocycles. The first-order chi connectivity index (χ1) is 31.6. The van der Waals surface area contributed by atoms with E-state index in [1.807, 2.05) is 20.8 Å². The first-order valence-electron chi connectivity index (χ1n) is 23.3. The molecule has 8 heterocycles. The van der Waals surface area contributed by atoms with Crippen LogP contribution in [0.4, 0.5) is 0 Å². The van der Waals surface area contributed by atoms with Crippen LogP contribution in [0.15, 0.2) is 53.4 Å². The molecule has 0 saturated heterocycles. The summed E-state index contributed by atoms with van der Waals surface area (Å²) in [5, 5.41) is 17.9. The Morgan fingerprint density at radius 3 is 1.65 bits per heavy atom. The number of fused-ring (bicyclic) bond motifs is 12. The van der Waals surface area contributed by atoms with E-state index >= 15 is 0 Å². The second kappa shape index (κ2) is 13.9. The third kappa shape index (κ3) is 5.12. The summed E-state index contributed by atoms with van der Waals surface area (Å²) in [6.45, 7) is 20.9. The highest BCUT2D eigenvalue weighted by atomic mass is 32.2. The number of carbonyl (C=O) groups excluding carboxylic acids is 2. The molecule has 0 amide bonds. The highest BCUT2D eigenvalue weighted by Gasteiger charge is 2.73. The SMILES string of the molecule is CCC(C)(C)C(=O)OCC(O)COC(=O)CCSc1ccc(C)c2c3n4c(c12)C=C1c2c(C)ccc(C)c2C2=[N+]1C41n4c(c5c(C)ccc(C)c5c4=C2)=CC2=[N+]1C(=C3)c1c(C)ccc(C)c12. The van der Waals surface area contributed by atoms with Gasteiger partial charge in [0, 0.05) is 56.5 Å². The van der Waals surface area contributed by atoms with E-state index in [-0.39, 0.29) is 25.6 Å². The first kappa shape index (κ1) is 41.2. The fraction of sp³-hybridized carbons (Fsp3) is 0.321. The zero-order chi connectivity index (χ0) is 46.0. The van der Waals surface area contributed by atoms with E-state index in [4.69, 9.17) is 9.47 Å². The van der Waals surface area contributed by atoms with E-state index in [9.17, 15) is 14.7 Å². The number of nitrogens with zero attached hydrogens (tertiary/aromatic N) is 4. The van der Waals surface area contributed by atoms with Gasteiger partial charge in [0.2, 0.25) is 22.8 Å². The lowest BCUT2D eigenvalue weighted by molar-refractivity contribution is -0.805. The molecule has 2 atom stereocenters. The van der Waals surface area contributed by atoms with Crippen molar-refractivity contribution in [2.75, 3.05) is 19.0 Å². The van der Waals surface area contributed by atoms with Crippen LogP contribution in [0.2, 0.25) is 0 Å². The summed E-state index contributed by atoms with van der Waals surface area (Å²) >= 11 is 1.66. The van der Waals surface area contributed by atoms with E-state index < -0.39 is 23.4 Å². The zero-order valence-electron chi connectivity index (χ0n) is 39.3. The lowest BCUT2D eigenvalue weighted by Gasteiger charge is -2.37. The van der Waals surface area contributed by atoms with Gasteiger partial charge in [0.15, 0.2) is 0 Å². The predicted octanol–water partition coefficient (Wildman–Crippen LogP) is 8.48. The van der Waals surface area contributed by atoms with Crippen LogP contribution >= 0.6 is 11.8 Å². The Morgan fingerprint density at radius 2 is 1.11 bits per heavy atom. The summed E-state index contributed by atoms with van der Waals surface area (Å²) in [6.07, 6.45) is 9.52. The Morgan fingerprint density at radius 1 is 0.636 bits per heavy atom. The number of benzene rings is 4. The van der Waals surface area contributed by atoms with Gasteiger partial charge in [-0.25, -0.2) is 0 Å². The molecule has 2 aromatic heterocycles. The monoisotopic (exact) mass is 894 g/mol. The number of carbonyl (C=O) groups is 2. The number of ether oxygens (including phenoxy) is 2. The van der Waals surface area contributed by atoms with Crippen molar-refractivity contribution in [1.82, 2.24) is 9.13 Å². The van der Waals surface area contributed by atoms with Crippen molar-refractivity contribution in [1.29, 1.82) is 0 Å². The average Bonchev–Trinajstić information content (AvgIpc) is 4.03. The number of aryl methyl sites for hydroxylation is 7. The second-order valence-corrected chi connectivity index (χ2v) is 21.0. The van der Waals surface area contributed by atoms with Gasteiger partial charge < -0.3 is 14.6 Å². The van der Waals surface area contributed by atoms with Crippen molar-refractivity contribution in [2.24, 2.45) is 5.41 Å². The standard InChI is InChI=1S/C56H54N4O5S/c1-11-55(9,10)54(63)65-27-35(61)26-64-45(62)20-21-66-44-19-18-34(8)52-42-24-40-50-32(6)15-14-30(4)48(50)38-22-36-46-28(2)12-13-29(3)47(46)37-23-39-49-31(5)16-17-33(7)51(49)41-25-43(53(44)52)60(42)56(57(36)37,58(38)40)59(39)41/h12-19,22-25,35,61H,11,20-21,26-27H2,1-10H3/q+2. The zero-order valence-corrected chi connectivity index (χ0v) is 40.1. The maximum absolute atomic E-state index is 13.2. The molecule has 1 N–H and O–H groups in total. The quantitative estimate of drug-likeness (QED) is 0.0844. The summed E-state index contributed by atoms with van der Waals surface area (Å²) in [7, 11) is 0. The minimum Gasteiger partial charge on any atom is -0.463 e. The van der Waals surface area contributed by atoms with Gasteiger partial charge >= 0.3 is 17.8 Å². The van der Waals surface area contributed by atoms with Gasteiger partial charge in [-0.3, -0.25) is 9.59 Å². The Labute approximate surface area is 388 Å². The summed E-state index contributed by atoms with van der Waals surface area (Å²) in [5.74, 6) is -1.20. The maximum Gasteiger partial charge on any atom is 0.553 e. The average molecular weight is 895 g/mol. The Hall–Kier alpha value is -6.23. The van der Waals surface area contributed by atoms with E-state index in [0.29, 0.717) is 12.2 Å². The molecule has 66 heavy (non-hydrogen) atoms. The van der Waals surface area contributed by atoms with Crippen molar-refractivity contribution in [2.45, 2.75) is 99.0 Å². The largest absolute Gasteiger partial charge is 0.553 e. The van der Waals surface area contributed by atoms with Crippen molar-refractivity contribution in [3.8, 4) is 0 Å². The van der Waals surface area contributed by atoms with Crippen LogP contribution < -0.4 is 10.7 Å². The summed E-state index contributed by atoms with van der Waals surface area (Å²) < 4.78 is 21.5. The molecule has 0 radical (unpaired) electrons. The summed E-state index contributed by atoms with van der Waals surface area (Å²) in [4.78, 5) is 26.7. The van der Waals surface area contributed by atoms with Crippen LogP contribution in [-0.4, -0.2) is 71.8 Å². The number of esters is 2. The number of hydrogen-bond acceptors (Lipinski definition) is 6. The van der Waals surface area contributed by atoms with E-state index in [1.54, 1.807) is 11.8 Å². The lowest BCUT2D eigenvalue weighted by atomic mass is 9.91. The van der Waals surface area contributed by atoms with Gasteiger partial charge in [0.1, 0.15) is 19.3 Å². The third-order valence-electron chi connectivity index (χ3n) is 15.4. The predicted molar refractivity (Wildman–Crippen MR) is 263 cm³/mol. The number of rotatable bonds is 10. The number of aromatic nitrogens is 2. The molecule has 0 fully saturated rings. The topological polar surface area (TPSA) is 88.7 Å². The van der Waals surface area contributed by atoms with Gasteiger partial charge in [0.05, 0.1) is 56.2 Å². The molecule has 0 bridgehead atoms. The molecule has 12 rings (SSSR count). The number of thioether (sulfide) groups is 1. The van der Waals surface area contributed by atoms with Crippen molar-refractivity contribution in [3.05, 3.63) is 132 Å². The van der Waals surface area contributed by atoms with Gasteiger partial charge in [-0.15, -0.1) is 11.8 Å². The van der Waals surface area contributed by atoms with Crippen molar-refractivity contribution in [3.63, 3.8) is 0 Å². The molecule has 0 aliphatic carbocycles. The number of hydrogen-bond donors (Lipinski definition) is 1. The number of aliphatic hydroxyl groups excluding tert-OH is 1. The fourth-order valence-electron chi connectivity index (χ4n) is 11.8. The molecular weight excluding hydrogens is 841 g/mol. The molecule has 6 aliphatic rings. The normalized spacial score (nSPS) is 18.1. The van der Waals surface area contributed by atoms with Crippen LogP contribution in [0.25, 0.3) is 57.2 Å². The van der Waals surface area contributed by atoms with Gasteiger partial charge in [-0.1, -0.05) is 58.5 Å². The first-order valence-corrected chi connectivity index (χ1v) is 24.2. The lowest BCUT2D eigenvalue weighted by Crippen LogP contribution is -2.69. The van der Waals surface area contributed by atoms with Gasteiger partial charge in [0.25, 0.3) is 0 Å². The minimum atomic E-state index is -1.10. The second-order valence-electron chi connectivity index (χ2n) is 19.9. The van der Waals surface area contributed by atoms with Crippen LogP contribution in [0.1, 0.15) is 106 Å². The van der Waals surface area contributed by atoms with Crippen molar-refractivity contribution < 1.29 is 33.3 Å². The van der Waals surface area contributed by atoms with Crippen LogP contribution in [0.3, 0.4) is 0 Å². The van der Waals surface area contributed by atoms with Gasteiger partial charge in [-0.2, -0.15) is 9.13 Å². The molecule has 2 unspecified atom stereocenters. The molecule has 1 spiro atoms. The van der Waals surface area contributed by atoms with E-state index in [0.717, 1.165) is 10.6 Å². The molecular formula is C56H54N4O5S+2. The molecule has 0 saturated carbocycles. The number of aliphatic hydroxyl groups is 1. The smallest absolute Gasteiger partial charge is 0.463 e. The van der Waals surface area contributed by atoms with Gasteiger partial charge in [-0.05, 0) is 114 Å². The maximum atomic E-state index is 13.2. The van der Waals surface area contributed by atoms with Crippen LogP contribution in [0, 0.1) is 53.9 Å². The highest BCUT2D eigenvalue weighted by molar-refractivity contribution is 7.99. The van der Waals surface area contributed by atoms with E-state index in [2.05, 4.69) is 140 Å². The fourth-order valence-corrected chi connectivity index (χ4v) is 12.8. The molecule has 10 heteroatoms. The Kier molecular flexibility index (Phi) is 8.68. The minimum absolute atomic E-state index is 0.153. The Balaban J connectivity index is 1.07. The van der Waals surface area contributed by atoms with Crippen molar-refractivity contribution >= 4 is 92.4 Å². The Bertz CT molecular complexity index is 3560. The van der Waals surface area contributed by atoms with Crippen LogP contribution in [-0.2, 0) is 25.0 Å². The summed E-state index contributed by atoms with van der Waals surface area (Å²) in [6, 6.07) is 18.1.